The minimum Gasteiger partial charge on any atom is -0.390 e. The minimum atomic E-state index is -0.396. The molecule has 3 nitrogen and oxygen atoms in total. The molecule has 0 amide bonds. The van der Waals surface area contributed by atoms with Gasteiger partial charge in [0.1, 0.15) is 0 Å². The standard InChI is InChI=1S/C11H15BrN2O/c12-9-6-10(8-13-7-9)14-5-4-11(15)2-1-3-11/h6-8,14-15H,1-5H2. The largest absolute Gasteiger partial charge is 0.390 e. The van der Waals surface area contributed by atoms with Gasteiger partial charge in [-0.05, 0) is 47.7 Å². The van der Waals surface area contributed by atoms with E-state index in [2.05, 4.69) is 26.2 Å². The van der Waals surface area contributed by atoms with Crippen LogP contribution in [0.1, 0.15) is 25.7 Å². The van der Waals surface area contributed by atoms with Gasteiger partial charge in [0.15, 0.2) is 0 Å². The van der Waals surface area contributed by atoms with Crippen molar-refractivity contribution in [2.75, 3.05) is 11.9 Å². The Hall–Kier alpha value is -0.610. The average Bonchev–Trinajstić information content (AvgIpc) is 2.15. The van der Waals surface area contributed by atoms with Crippen LogP contribution in [0.15, 0.2) is 22.9 Å². The lowest BCUT2D eigenvalue weighted by Crippen LogP contribution is -2.38. The highest BCUT2D eigenvalue weighted by Crippen LogP contribution is 2.34. The second-order valence-corrected chi connectivity index (χ2v) is 5.06. The molecule has 0 bridgehead atoms. The highest BCUT2D eigenvalue weighted by atomic mass is 79.9. The van der Waals surface area contributed by atoms with E-state index in [1.807, 2.05) is 6.07 Å². The highest BCUT2D eigenvalue weighted by Gasteiger charge is 2.33. The summed E-state index contributed by atoms with van der Waals surface area (Å²) in [6.45, 7) is 0.800. The maximum absolute atomic E-state index is 9.88. The smallest absolute Gasteiger partial charge is 0.0664 e. The van der Waals surface area contributed by atoms with Crippen molar-refractivity contribution < 1.29 is 5.11 Å². The summed E-state index contributed by atoms with van der Waals surface area (Å²) in [6.07, 6.45) is 7.42. The van der Waals surface area contributed by atoms with E-state index in [4.69, 9.17) is 0 Å². The van der Waals surface area contributed by atoms with E-state index in [1.54, 1.807) is 12.4 Å². The van der Waals surface area contributed by atoms with Crippen LogP contribution in [0.3, 0.4) is 0 Å². The maximum atomic E-state index is 9.88. The van der Waals surface area contributed by atoms with Gasteiger partial charge < -0.3 is 10.4 Å². The van der Waals surface area contributed by atoms with Crippen LogP contribution in [0, 0.1) is 0 Å². The monoisotopic (exact) mass is 270 g/mol. The van der Waals surface area contributed by atoms with Gasteiger partial charge in [0.25, 0.3) is 0 Å². The topological polar surface area (TPSA) is 45.1 Å². The minimum absolute atomic E-state index is 0.396. The van der Waals surface area contributed by atoms with E-state index in [9.17, 15) is 5.11 Å². The van der Waals surface area contributed by atoms with Crippen molar-refractivity contribution in [2.45, 2.75) is 31.3 Å². The number of hydrogen-bond donors (Lipinski definition) is 2. The molecule has 1 aliphatic carbocycles. The molecule has 0 aliphatic heterocycles. The Morgan fingerprint density at radius 2 is 2.27 bits per heavy atom. The molecule has 1 saturated carbocycles. The maximum Gasteiger partial charge on any atom is 0.0664 e. The predicted molar refractivity (Wildman–Crippen MR) is 63.8 cm³/mol. The molecule has 2 rings (SSSR count). The Morgan fingerprint density at radius 1 is 1.47 bits per heavy atom. The van der Waals surface area contributed by atoms with Crippen LogP contribution in [0.5, 0.6) is 0 Å². The van der Waals surface area contributed by atoms with Gasteiger partial charge >= 0.3 is 0 Å². The molecule has 1 aromatic heterocycles. The van der Waals surface area contributed by atoms with Gasteiger partial charge in [0.05, 0.1) is 17.5 Å². The van der Waals surface area contributed by atoms with Crippen LogP contribution in [0.2, 0.25) is 0 Å². The van der Waals surface area contributed by atoms with E-state index >= 15 is 0 Å². The third-order valence-corrected chi connectivity index (χ3v) is 3.34. The summed E-state index contributed by atoms with van der Waals surface area (Å²) in [4.78, 5) is 4.06. The molecule has 1 fully saturated rings. The van der Waals surface area contributed by atoms with Gasteiger partial charge in [0.2, 0.25) is 0 Å². The van der Waals surface area contributed by atoms with E-state index in [0.717, 1.165) is 42.4 Å². The number of aromatic nitrogens is 1. The van der Waals surface area contributed by atoms with E-state index in [0.29, 0.717) is 0 Å². The molecule has 0 unspecified atom stereocenters. The van der Waals surface area contributed by atoms with Crippen molar-refractivity contribution in [1.29, 1.82) is 0 Å². The van der Waals surface area contributed by atoms with Crippen LogP contribution >= 0.6 is 15.9 Å². The van der Waals surface area contributed by atoms with Crippen LogP contribution in [-0.2, 0) is 0 Å². The van der Waals surface area contributed by atoms with Gasteiger partial charge in [-0.25, -0.2) is 0 Å². The second kappa shape index (κ2) is 4.49. The van der Waals surface area contributed by atoms with Crippen molar-refractivity contribution in [3.63, 3.8) is 0 Å². The van der Waals surface area contributed by atoms with E-state index in [1.165, 1.54) is 0 Å². The molecule has 1 aliphatic rings. The quantitative estimate of drug-likeness (QED) is 0.884. The van der Waals surface area contributed by atoms with Crippen molar-refractivity contribution >= 4 is 21.6 Å². The summed E-state index contributed by atoms with van der Waals surface area (Å²) in [5, 5.41) is 13.1. The van der Waals surface area contributed by atoms with Crippen molar-refractivity contribution in [2.24, 2.45) is 0 Å². The normalized spacial score (nSPS) is 18.3. The van der Waals surface area contributed by atoms with Crippen LogP contribution < -0.4 is 5.32 Å². The molecule has 2 N–H and O–H groups in total. The van der Waals surface area contributed by atoms with Gasteiger partial charge in [-0.15, -0.1) is 0 Å². The van der Waals surface area contributed by atoms with Crippen LogP contribution in [0.4, 0.5) is 5.69 Å². The fourth-order valence-electron chi connectivity index (χ4n) is 1.78. The van der Waals surface area contributed by atoms with Crippen molar-refractivity contribution in [3.8, 4) is 0 Å². The molecule has 1 heterocycles. The number of aliphatic hydroxyl groups is 1. The molecule has 4 heteroatoms. The molecule has 82 valence electrons. The number of nitrogens with zero attached hydrogens (tertiary/aromatic N) is 1. The molecular formula is C11H15BrN2O. The van der Waals surface area contributed by atoms with Crippen LogP contribution in [0.25, 0.3) is 0 Å². The van der Waals surface area contributed by atoms with E-state index in [-0.39, 0.29) is 0 Å². The summed E-state index contributed by atoms with van der Waals surface area (Å²) in [5.41, 5.74) is 0.596. The van der Waals surface area contributed by atoms with Gasteiger partial charge in [-0.2, -0.15) is 0 Å². The zero-order valence-corrected chi connectivity index (χ0v) is 10.1. The summed E-state index contributed by atoms with van der Waals surface area (Å²) < 4.78 is 0.967. The molecular weight excluding hydrogens is 256 g/mol. The first-order valence-electron chi connectivity index (χ1n) is 5.25. The Bertz CT molecular complexity index is 339. The van der Waals surface area contributed by atoms with Crippen molar-refractivity contribution in [3.05, 3.63) is 22.9 Å². The van der Waals surface area contributed by atoms with Gasteiger partial charge in [-0.3, -0.25) is 4.98 Å². The summed E-state index contributed by atoms with van der Waals surface area (Å²) in [6, 6.07) is 1.98. The van der Waals surface area contributed by atoms with Gasteiger partial charge in [-0.1, -0.05) is 0 Å². The zero-order chi connectivity index (χ0) is 10.7. The summed E-state index contributed by atoms with van der Waals surface area (Å²) >= 11 is 3.37. The predicted octanol–water partition coefficient (Wildman–Crippen LogP) is 2.56. The lowest BCUT2D eigenvalue weighted by Gasteiger charge is -2.36. The number of anilines is 1. The summed E-state index contributed by atoms with van der Waals surface area (Å²) in [5.74, 6) is 0. The average molecular weight is 271 g/mol. The lowest BCUT2D eigenvalue weighted by molar-refractivity contribution is -0.0370. The second-order valence-electron chi connectivity index (χ2n) is 4.15. The Labute approximate surface area is 98.0 Å². The number of pyridine rings is 1. The molecule has 1 aromatic rings. The molecule has 0 spiro atoms. The first kappa shape index (κ1) is 10.9. The Kier molecular flexibility index (Phi) is 3.26. The highest BCUT2D eigenvalue weighted by molar-refractivity contribution is 9.10. The molecule has 0 radical (unpaired) electrons. The Balaban J connectivity index is 1.78. The summed E-state index contributed by atoms with van der Waals surface area (Å²) in [7, 11) is 0. The number of nitrogens with one attached hydrogen (secondary N) is 1. The number of halogens is 1. The number of hydrogen-bond acceptors (Lipinski definition) is 3. The lowest BCUT2D eigenvalue weighted by atomic mass is 9.78. The number of rotatable bonds is 4. The molecule has 0 saturated heterocycles. The SMILES string of the molecule is OC1(CCNc2cncc(Br)c2)CCC1. The van der Waals surface area contributed by atoms with E-state index < -0.39 is 5.60 Å². The first-order valence-corrected chi connectivity index (χ1v) is 6.04. The molecule has 0 aromatic carbocycles. The van der Waals surface area contributed by atoms with Gasteiger partial charge in [0, 0.05) is 17.2 Å². The molecule has 0 atom stereocenters. The van der Waals surface area contributed by atoms with Crippen LogP contribution in [-0.4, -0.2) is 22.2 Å². The zero-order valence-electron chi connectivity index (χ0n) is 8.54. The fraction of sp³-hybridized carbons (Fsp3) is 0.545. The third kappa shape index (κ3) is 2.92. The first-order chi connectivity index (χ1) is 7.18. The third-order valence-electron chi connectivity index (χ3n) is 2.91. The molecule has 15 heavy (non-hydrogen) atoms. The fourth-order valence-corrected chi connectivity index (χ4v) is 2.15. The van der Waals surface area contributed by atoms with Crippen molar-refractivity contribution in [1.82, 2.24) is 4.98 Å². The Morgan fingerprint density at radius 3 is 2.87 bits per heavy atom.